The molecule has 0 amide bonds. The molecule has 0 fully saturated rings. The van der Waals surface area contributed by atoms with Crippen molar-refractivity contribution in [3.05, 3.63) is 35.4 Å². The van der Waals surface area contributed by atoms with Crippen LogP contribution >= 0.6 is 0 Å². The molecule has 16 heavy (non-hydrogen) atoms. The van der Waals surface area contributed by atoms with Gasteiger partial charge in [0.15, 0.2) is 0 Å². The molecule has 0 radical (unpaired) electrons. The molecular weight excluding hydrogens is 212 g/mol. The van der Waals surface area contributed by atoms with Gasteiger partial charge in [-0.15, -0.1) is 0 Å². The highest BCUT2D eigenvalue weighted by atomic mass is 19.1. The highest BCUT2D eigenvalue weighted by Gasteiger charge is 2.29. The molecule has 0 heterocycles. The molecule has 1 aromatic carbocycles. The number of rotatable bonds is 4. The molecule has 0 saturated heterocycles. The topological polar surface area (TPSA) is 46.2 Å². The van der Waals surface area contributed by atoms with Crippen LogP contribution in [-0.4, -0.2) is 17.3 Å². The van der Waals surface area contributed by atoms with Gasteiger partial charge in [0, 0.05) is 19.0 Å². The van der Waals surface area contributed by atoms with Crippen molar-refractivity contribution in [2.75, 3.05) is 6.54 Å². The summed E-state index contributed by atoms with van der Waals surface area (Å²) in [6, 6.07) is 3.23. The Labute approximate surface area is 94.1 Å². The summed E-state index contributed by atoms with van der Waals surface area (Å²) >= 11 is 0. The fraction of sp³-hybridized carbons (Fsp3) is 0.500. The van der Waals surface area contributed by atoms with Crippen LogP contribution in [0.5, 0.6) is 0 Å². The summed E-state index contributed by atoms with van der Waals surface area (Å²) in [5, 5.41) is 10.2. The third-order valence-electron chi connectivity index (χ3n) is 2.86. The van der Waals surface area contributed by atoms with Gasteiger partial charge in [-0.05, 0) is 23.6 Å². The molecule has 0 aromatic heterocycles. The first kappa shape index (κ1) is 13.1. The molecule has 90 valence electrons. The van der Waals surface area contributed by atoms with Crippen molar-refractivity contribution in [1.29, 1.82) is 0 Å². The maximum Gasteiger partial charge on any atom is 0.126 e. The molecule has 0 aliphatic carbocycles. The van der Waals surface area contributed by atoms with E-state index in [-0.39, 0.29) is 18.9 Å². The summed E-state index contributed by atoms with van der Waals surface area (Å²) in [7, 11) is 0. The lowest BCUT2D eigenvalue weighted by atomic mass is 9.84. The Hall–Kier alpha value is -1.00. The highest BCUT2D eigenvalue weighted by molar-refractivity contribution is 5.20. The van der Waals surface area contributed by atoms with Gasteiger partial charge in [0.1, 0.15) is 11.6 Å². The monoisotopic (exact) mass is 229 g/mol. The Morgan fingerprint density at radius 2 is 1.75 bits per heavy atom. The van der Waals surface area contributed by atoms with E-state index < -0.39 is 17.2 Å². The zero-order chi connectivity index (χ0) is 12.3. The smallest absolute Gasteiger partial charge is 0.126 e. The number of nitrogens with two attached hydrogens (primary N) is 1. The van der Waals surface area contributed by atoms with Crippen LogP contribution in [0.15, 0.2) is 18.2 Å². The van der Waals surface area contributed by atoms with Gasteiger partial charge in [0.2, 0.25) is 0 Å². The number of benzene rings is 1. The maximum atomic E-state index is 13.0. The quantitative estimate of drug-likeness (QED) is 0.827. The minimum Gasteiger partial charge on any atom is -0.388 e. The lowest BCUT2D eigenvalue weighted by Crippen LogP contribution is -2.44. The van der Waals surface area contributed by atoms with Crippen LogP contribution in [0.3, 0.4) is 0 Å². The molecule has 2 nitrogen and oxygen atoms in total. The second-order valence-electron chi connectivity index (χ2n) is 4.42. The normalized spacial score (nSPS) is 15.2. The predicted octanol–water partition coefficient (Wildman–Crippen LogP) is 1.85. The minimum atomic E-state index is -1.12. The Bertz CT molecular complexity index is 348. The van der Waals surface area contributed by atoms with Crippen molar-refractivity contribution >= 4 is 0 Å². The summed E-state index contributed by atoms with van der Waals surface area (Å²) in [4.78, 5) is 0. The molecule has 0 spiro atoms. The lowest BCUT2D eigenvalue weighted by Gasteiger charge is -2.30. The van der Waals surface area contributed by atoms with Crippen molar-refractivity contribution in [3.8, 4) is 0 Å². The zero-order valence-electron chi connectivity index (χ0n) is 9.50. The van der Waals surface area contributed by atoms with Crippen LogP contribution in [0.25, 0.3) is 0 Å². The molecule has 0 saturated carbocycles. The third-order valence-corrected chi connectivity index (χ3v) is 2.86. The molecule has 1 rings (SSSR count). The van der Waals surface area contributed by atoms with Gasteiger partial charge < -0.3 is 10.8 Å². The third kappa shape index (κ3) is 3.00. The van der Waals surface area contributed by atoms with E-state index in [1.165, 1.54) is 12.1 Å². The second kappa shape index (κ2) is 4.89. The van der Waals surface area contributed by atoms with E-state index in [9.17, 15) is 13.9 Å². The van der Waals surface area contributed by atoms with Crippen LogP contribution in [0.1, 0.15) is 19.4 Å². The highest BCUT2D eigenvalue weighted by Crippen LogP contribution is 2.22. The first-order valence-electron chi connectivity index (χ1n) is 5.25. The van der Waals surface area contributed by atoms with Gasteiger partial charge in [-0.1, -0.05) is 13.8 Å². The van der Waals surface area contributed by atoms with E-state index in [0.29, 0.717) is 5.56 Å². The largest absolute Gasteiger partial charge is 0.388 e. The first-order chi connectivity index (χ1) is 7.37. The van der Waals surface area contributed by atoms with Crippen LogP contribution in [-0.2, 0) is 6.42 Å². The average molecular weight is 229 g/mol. The van der Waals surface area contributed by atoms with Crippen LogP contribution in [0, 0.1) is 17.6 Å². The maximum absolute atomic E-state index is 13.0. The van der Waals surface area contributed by atoms with Gasteiger partial charge in [-0.2, -0.15) is 0 Å². The number of aliphatic hydroxyl groups is 1. The van der Waals surface area contributed by atoms with Crippen LogP contribution in [0.4, 0.5) is 8.78 Å². The van der Waals surface area contributed by atoms with Crippen molar-refractivity contribution < 1.29 is 13.9 Å². The molecule has 1 aromatic rings. The van der Waals surface area contributed by atoms with E-state index >= 15 is 0 Å². The Morgan fingerprint density at radius 1 is 1.25 bits per heavy atom. The van der Waals surface area contributed by atoms with Crippen molar-refractivity contribution in [3.63, 3.8) is 0 Å². The van der Waals surface area contributed by atoms with Crippen LogP contribution < -0.4 is 5.73 Å². The summed E-state index contributed by atoms with van der Waals surface area (Å²) in [6.45, 7) is 3.70. The minimum absolute atomic E-state index is 0.0583. The standard InChI is InChI=1S/C12H17F2NO/c1-8(2)12(16,7-15)6-9-3-10(13)5-11(14)4-9/h3-5,8,16H,6-7,15H2,1-2H3. The SMILES string of the molecule is CC(C)C(O)(CN)Cc1cc(F)cc(F)c1. The number of hydrogen-bond acceptors (Lipinski definition) is 2. The van der Waals surface area contributed by atoms with E-state index in [1.54, 1.807) is 0 Å². The average Bonchev–Trinajstić information content (AvgIpc) is 2.15. The van der Waals surface area contributed by atoms with E-state index in [4.69, 9.17) is 5.73 Å². The van der Waals surface area contributed by atoms with Crippen LogP contribution in [0.2, 0.25) is 0 Å². The summed E-state index contributed by atoms with van der Waals surface area (Å²) in [6.07, 6.45) is 0.149. The van der Waals surface area contributed by atoms with Crippen molar-refractivity contribution in [2.45, 2.75) is 25.9 Å². The van der Waals surface area contributed by atoms with Gasteiger partial charge in [-0.3, -0.25) is 0 Å². The van der Waals surface area contributed by atoms with E-state index in [0.717, 1.165) is 6.07 Å². The molecule has 1 unspecified atom stereocenters. The summed E-state index contributed by atoms with van der Waals surface area (Å²) in [5.41, 5.74) is 4.79. The Balaban J connectivity index is 2.94. The zero-order valence-corrected chi connectivity index (χ0v) is 9.50. The Kier molecular flexibility index (Phi) is 3.99. The van der Waals surface area contributed by atoms with Gasteiger partial charge >= 0.3 is 0 Å². The molecule has 0 aliphatic rings. The molecule has 3 N–H and O–H groups in total. The molecule has 1 atom stereocenters. The molecule has 4 heteroatoms. The lowest BCUT2D eigenvalue weighted by molar-refractivity contribution is 0.00398. The fourth-order valence-electron chi connectivity index (χ4n) is 1.58. The van der Waals surface area contributed by atoms with E-state index in [2.05, 4.69) is 0 Å². The van der Waals surface area contributed by atoms with Gasteiger partial charge in [0.25, 0.3) is 0 Å². The van der Waals surface area contributed by atoms with Gasteiger partial charge in [-0.25, -0.2) is 8.78 Å². The van der Waals surface area contributed by atoms with Crippen molar-refractivity contribution in [1.82, 2.24) is 0 Å². The fourth-order valence-corrected chi connectivity index (χ4v) is 1.58. The molecule has 0 bridgehead atoms. The van der Waals surface area contributed by atoms with Gasteiger partial charge in [0.05, 0.1) is 5.60 Å². The first-order valence-corrected chi connectivity index (χ1v) is 5.25. The summed E-state index contributed by atoms with van der Waals surface area (Å²) in [5.74, 6) is -1.36. The van der Waals surface area contributed by atoms with E-state index in [1.807, 2.05) is 13.8 Å². The second-order valence-corrected chi connectivity index (χ2v) is 4.42. The predicted molar refractivity (Wildman–Crippen MR) is 58.9 cm³/mol. The summed E-state index contributed by atoms with van der Waals surface area (Å²) < 4.78 is 25.9. The number of halogens is 2. The number of hydrogen-bond donors (Lipinski definition) is 2. The Morgan fingerprint density at radius 3 is 2.12 bits per heavy atom. The molecule has 0 aliphatic heterocycles. The molecular formula is C12H17F2NO. The van der Waals surface area contributed by atoms with Crippen molar-refractivity contribution in [2.24, 2.45) is 11.7 Å².